The first-order valence-corrected chi connectivity index (χ1v) is 4.49. The van der Waals surface area contributed by atoms with Gasteiger partial charge in [0.05, 0.1) is 20.2 Å². The Balaban J connectivity index is 2.23. The van der Waals surface area contributed by atoms with Gasteiger partial charge in [0.15, 0.2) is 0 Å². The van der Waals surface area contributed by atoms with E-state index in [4.69, 9.17) is 4.74 Å². The molecule has 1 aliphatic heterocycles. The highest BCUT2D eigenvalue weighted by Crippen LogP contribution is 2.09. The first kappa shape index (κ1) is 10.7. The fraction of sp³-hybridized carbons (Fsp3) is 0.857. The molecule has 0 aliphatic carbocycles. The molecule has 7 heteroatoms. The first-order valence-electron chi connectivity index (χ1n) is 4.49. The van der Waals surface area contributed by atoms with Crippen LogP contribution in [0.2, 0.25) is 0 Å². The van der Waals surface area contributed by atoms with Crippen LogP contribution in [-0.2, 0) is 4.74 Å². The van der Waals surface area contributed by atoms with Gasteiger partial charge in [-0.25, -0.2) is 10.1 Å². The van der Waals surface area contributed by atoms with Crippen molar-refractivity contribution in [2.75, 3.05) is 26.8 Å². The van der Waals surface area contributed by atoms with Crippen LogP contribution >= 0.6 is 0 Å². The summed E-state index contributed by atoms with van der Waals surface area (Å²) in [5.41, 5.74) is 2.03. The molecule has 0 spiro atoms. The van der Waals surface area contributed by atoms with Gasteiger partial charge < -0.3 is 4.74 Å². The predicted octanol–water partition coefficient (Wildman–Crippen LogP) is -2.54. The molecule has 80 valence electrons. The Kier molecular flexibility index (Phi) is 4.11. The van der Waals surface area contributed by atoms with Gasteiger partial charge in [-0.05, 0) is 6.42 Å². The minimum absolute atomic E-state index is 0.307. The highest BCUT2D eigenvalue weighted by molar-refractivity contribution is 5.72. The largest absolute Gasteiger partial charge is 0.405 e. The van der Waals surface area contributed by atoms with Crippen LogP contribution in [0.1, 0.15) is 6.42 Å². The van der Waals surface area contributed by atoms with Crippen molar-refractivity contribution < 1.29 is 14.8 Å². The summed E-state index contributed by atoms with van der Waals surface area (Å²) >= 11 is 0. The van der Waals surface area contributed by atoms with Crippen molar-refractivity contribution in [3.63, 3.8) is 0 Å². The van der Waals surface area contributed by atoms with Crippen LogP contribution < -0.4 is 15.7 Å². The molecule has 0 aromatic heterocycles. The normalized spacial score (nSPS) is 22.1. The molecule has 0 saturated carbocycles. The molecular formula is C7H15N4O3+. The number of hydrogen-bond donors (Lipinski definition) is 3. The number of hydrazine groups is 1. The molecule has 1 heterocycles. The van der Waals surface area contributed by atoms with E-state index in [0.29, 0.717) is 18.4 Å². The zero-order valence-corrected chi connectivity index (χ0v) is 8.08. The van der Waals surface area contributed by atoms with Crippen molar-refractivity contribution in [1.29, 1.82) is 0 Å². The molecule has 0 amide bonds. The molecule has 14 heavy (non-hydrogen) atoms. The van der Waals surface area contributed by atoms with E-state index in [0.717, 1.165) is 19.6 Å². The molecule has 1 saturated heterocycles. The molecule has 1 rings (SSSR count). The SMILES string of the molecule is C[NH+]=C(NCC1CCOC1)N[N+](=O)[O-]. The summed E-state index contributed by atoms with van der Waals surface area (Å²) in [6.07, 6.45) is 1.00. The Bertz CT molecular complexity index is 225. The van der Waals surface area contributed by atoms with Crippen LogP contribution in [0.5, 0.6) is 0 Å². The molecule has 1 unspecified atom stereocenters. The lowest BCUT2D eigenvalue weighted by atomic mass is 10.1. The van der Waals surface area contributed by atoms with Crippen molar-refractivity contribution in [2.24, 2.45) is 5.92 Å². The Hall–Kier alpha value is -1.37. The first-order chi connectivity index (χ1) is 6.72. The number of nitro groups is 1. The summed E-state index contributed by atoms with van der Waals surface area (Å²) in [5, 5.41) is 12.4. The van der Waals surface area contributed by atoms with Gasteiger partial charge in [0.25, 0.3) is 0 Å². The lowest BCUT2D eigenvalue weighted by molar-refractivity contribution is -0.542. The van der Waals surface area contributed by atoms with Crippen molar-refractivity contribution in [1.82, 2.24) is 10.7 Å². The van der Waals surface area contributed by atoms with Gasteiger partial charge in [-0.1, -0.05) is 0 Å². The van der Waals surface area contributed by atoms with Gasteiger partial charge in [-0.3, -0.25) is 10.3 Å². The molecule has 1 fully saturated rings. The number of ether oxygens (including phenoxy) is 1. The molecule has 7 nitrogen and oxygen atoms in total. The standard InChI is InChI=1S/C7H14N4O3/c1-8-7(10-11(12)13)9-4-6-2-3-14-5-6/h6H,2-5H2,1H3,(H2,8,9,10)/p+1. The molecule has 0 radical (unpaired) electrons. The van der Waals surface area contributed by atoms with Gasteiger partial charge >= 0.3 is 5.96 Å². The lowest BCUT2D eigenvalue weighted by Gasteiger charge is -2.04. The van der Waals surface area contributed by atoms with E-state index >= 15 is 0 Å². The zero-order chi connectivity index (χ0) is 10.4. The lowest BCUT2D eigenvalue weighted by Crippen LogP contribution is -2.76. The Morgan fingerprint density at radius 2 is 2.57 bits per heavy atom. The second kappa shape index (κ2) is 5.38. The molecule has 0 bridgehead atoms. The number of rotatable bonds is 3. The van der Waals surface area contributed by atoms with E-state index in [1.807, 2.05) is 5.43 Å². The summed E-state index contributed by atoms with van der Waals surface area (Å²) in [7, 11) is 1.62. The Morgan fingerprint density at radius 3 is 3.07 bits per heavy atom. The molecule has 1 atom stereocenters. The van der Waals surface area contributed by atoms with E-state index in [9.17, 15) is 10.1 Å². The topological polar surface area (TPSA) is 90.4 Å². The highest BCUT2D eigenvalue weighted by atomic mass is 16.7. The molecular weight excluding hydrogens is 188 g/mol. The second-order valence-corrected chi connectivity index (χ2v) is 3.10. The van der Waals surface area contributed by atoms with E-state index < -0.39 is 5.03 Å². The van der Waals surface area contributed by atoms with E-state index in [2.05, 4.69) is 10.3 Å². The van der Waals surface area contributed by atoms with Crippen LogP contribution in [0.25, 0.3) is 0 Å². The number of hydrogen-bond acceptors (Lipinski definition) is 3. The van der Waals surface area contributed by atoms with Crippen molar-refractivity contribution >= 4 is 5.96 Å². The summed E-state index contributed by atoms with van der Waals surface area (Å²) in [5.74, 6) is 0.744. The maximum atomic E-state index is 10.1. The quantitative estimate of drug-likeness (QED) is 0.203. The van der Waals surface area contributed by atoms with Gasteiger partial charge in [0.1, 0.15) is 0 Å². The van der Waals surface area contributed by atoms with Crippen molar-refractivity contribution in [2.45, 2.75) is 6.42 Å². The molecule has 3 N–H and O–H groups in total. The summed E-state index contributed by atoms with van der Waals surface area (Å²) < 4.78 is 5.18. The fourth-order valence-electron chi connectivity index (χ4n) is 1.27. The third kappa shape index (κ3) is 3.56. The maximum Gasteiger partial charge on any atom is 0.405 e. The van der Waals surface area contributed by atoms with Crippen molar-refractivity contribution in [3.05, 3.63) is 10.1 Å². The zero-order valence-electron chi connectivity index (χ0n) is 8.08. The molecule has 0 aromatic carbocycles. The molecule has 1 aliphatic rings. The van der Waals surface area contributed by atoms with E-state index in [1.165, 1.54) is 0 Å². The minimum atomic E-state index is -0.607. The summed E-state index contributed by atoms with van der Waals surface area (Å²) in [6.45, 7) is 2.18. The monoisotopic (exact) mass is 203 g/mol. The smallest absolute Gasteiger partial charge is 0.381 e. The third-order valence-electron chi connectivity index (χ3n) is 2.04. The van der Waals surface area contributed by atoms with Gasteiger partial charge in [-0.2, -0.15) is 0 Å². The average molecular weight is 203 g/mol. The van der Waals surface area contributed by atoms with Gasteiger partial charge in [0.2, 0.25) is 5.03 Å². The van der Waals surface area contributed by atoms with Crippen molar-refractivity contribution in [3.8, 4) is 0 Å². The van der Waals surface area contributed by atoms with Crippen LogP contribution in [0.15, 0.2) is 0 Å². The van der Waals surface area contributed by atoms with E-state index in [1.54, 1.807) is 7.05 Å². The van der Waals surface area contributed by atoms with Crippen LogP contribution in [0.4, 0.5) is 0 Å². The van der Waals surface area contributed by atoms with Gasteiger partial charge in [-0.15, -0.1) is 0 Å². The summed E-state index contributed by atoms with van der Waals surface area (Å²) in [6, 6.07) is 0. The third-order valence-corrected chi connectivity index (χ3v) is 2.04. The highest BCUT2D eigenvalue weighted by Gasteiger charge is 2.19. The van der Waals surface area contributed by atoms with Crippen LogP contribution in [0, 0.1) is 16.0 Å². The predicted molar refractivity (Wildman–Crippen MR) is 49.0 cm³/mol. The summed E-state index contributed by atoms with van der Waals surface area (Å²) in [4.78, 5) is 12.8. The Labute approximate surface area is 81.7 Å². The Morgan fingerprint density at radius 1 is 1.79 bits per heavy atom. The van der Waals surface area contributed by atoms with Crippen LogP contribution in [-0.4, -0.2) is 37.8 Å². The number of nitrogens with one attached hydrogen (secondary N) is 3. The van der Waals surface area contributed by atoms with Gasteiger partial charge in [0, 0.05) is 18.0 Å². The minimum Gasteiger partial charge on any atom is -0.381 e. The molecule has 0 aromatic rings. The second-order valence-electron chi connectivity index (χ2n) is 3.10. The number of nitrogens with zero attached hydrogens (tertiary/aromatic N) is 1. The van der Waals surface area contributed by atoms with E-state index in [-0.39, 0.29) is 0 Å². The fourth-order valence-corrected chi connectivity index (χ4v) is 1.27. The number of guanidine groups is 1. The maximum absolute atomic E-state index is 10.1. The van der Waals surface area contributed by atoms with Crippen LogP contribution in [0.3, 0.4) is 0 Å². The average Bonchev–Trinajstić information content (AvgIpc) is 2.64.